The number of para-hydroxylation sites is 2. The molecule has 196 valence electrons. The van der Waals surface area contributed by atoms with E-state index in [1.807, 2.05) is 0 Å². The summed E-state index contributed by atoms with van der Waals surface area (Å²) in [5.74, 6) is -4.69. The predicted molar refractivity (Wildman–Crippen MR) is 123 cm³/mol. The van der Waals surface area contributed by atoms with Crippen LogP contribution in [0.5, 0.6) is 11.5 Å². The number of anilines is 1. The summed E-state index contributed by atoms with van der Waals surface area (Å²) in [6.45, 7) is 4.27. The number of hydrogen-bond donors (Lipinski definition) is 3. The van der Waals surface area contributed by atoms with E-state index in [4.69, 9.17) is 24.5 Å². The van der Waals surface area contributed by atoms with Crippen LogP contribution < -0.4 is 25.8 Å². The van der Waals surface area contributed by atoms with Crippen LogP contribution in [0.2, 0.25) is 0 Å². The van der Waals surface area contributed by atoms with Gasteiger partial charge in [0.25, 0.3) is 0 Å². The molecule has 2 aromatic rings. The predicted octanol–water partition coefficient (Wildman–Crippen LogP) is 1.27. The molecule has 0 amide bonds. The number of ether oxygens (including phenoxy) is 3. The number of alkyl halides is 2. The lowest BCUT2D eigenvalue weighted by atomic mass is 10.1. The highest BCUT2D eigenvalue weighted by atomic mass is 31.1. The molecule has 3 rings (SSSR count). The number of hydrogen-bond acceptors (Lipinski definition) is 10. The molecule has 15 heteroatoms. The summed E-state index contributed by atoms with van der Waals surface area (Å²) in [4.78, 5) is 27.2. The first-order chi connectivity index (χ1) is 17.0. The van der Waals surface area contributed by atoms with Gasteiger partial charge < -0.3 is 29.6 Å². The largest absolute Gasteiger partial charge is 0.487 e. The monoisotopic (exact) mass is 530 g/mol. The maximum absolute atomic E-state index is 14.7. The van der Waals surface area contributed by atoms with Crippen molar-refractivity contribution in [2.75, 3.05) is 18.9 Å². The molecule has 0 radical (unpaired) electrons. The van der Waals surface area contributed by atoms with Crippen LogP contribution in [0.15, 0.2) is 54.0 Å². The minimum atomic E-state index is -3.85. The van der Waals surface area contributed by atoms with Crippen molar-refractivity contribution < 1.29 is 42.0 Å². The van der Waals surface area contributed by atoms with Gasteiger partial charge in [0.2, 0.25) is 6.23 Å². The van der Waals surface area contributed by atoms with Gasteiger partial charge in [-0.15, -0.1) is 0 Å². The van der Waals surface area contributed by atoms with Gasteiger partial charge in [0, 0.05) is 6.20 Å². The first kappa shape index (κ1) is 27.3. The first-order valence-corrected chi connectivity index (χ1v) is 11.9. The van der Waals surface area contributed by atoms with E-state index in [0.717, 1.165) is 12.3 Å². The number of halogens is 2. The smallest absolute Gasteiger partial charge is 0.351 e. The summed E-state index contributed by atoms with van der Waals surface area (Å²) >= 11 is 0. The zero-order chi connectivity index (χ0) is 26.5. The number of rotatable bonds is 11. The highest BCUT2D eigenvalue weighted by Gasteiger charge is 2.60. The SMILES string of the molecule is C=CCOC(=O)C(C)N[PH](=O)Oc1ccccc1OC[C@H]1OC(n2ccc(N)nc2=O)C(F)(F)[C@@H]1O. The maximum Gasteiger partial charge on any atom is 0.351 e. The van der Waals surface area contributed by atoms with E-state index in [2.05, 4.69) is 16.7 Å². The third-order valence-electron chi connectivity index (χ3n) is 4.97. The number of nitrogens with two attached hydrogens (primary N) is 1. The van der Waals surface area contributed by atoms with Crippen LogP contribution in [-0.4, -0.2) is 58.0 Å². The molecule has 1 saturated heterocycles. The molecule has 1 aromatic heterocycles. The lowest BCUT2D eigenvalue weighted by molar-refractivity contribution is -0.143. The summed E-state index contributed by atoms with van der Waals surface area (Å²) in [7, 11) is -3.01. The van der Waals surface area contributed by atoms with Gasteiger partial charge in [-0.1, -0.05) is 24.8 Å². The summed E-state index contributed by atoms with van der Waals surface area (Å²) in [6, 6.07) is 6.11. The standard InChI is InChI=1S/C21H25F2N4O8P/c1-3-10-32-18(29)12(2)26-36(31)35-14-7-5-4-6-13(14)33-11-15-17(28)21(22,23)19(34-15)27-9-8-16(24)25-20(27)30/h3-9,12,15,17,19,28,36H,1,10-11H2,2H3,(H,26,31)(H2,24,25,30)/t12?,15-,17-,19?/m1/s1. The molecule has 36 heavy (non-hydrogen) atoms. The van der Waals surface area contributed by atoms with Crippen molar-refractivity contribution in [3.05, 3.63) is 59.7 Å². The van der Waals surface area contributed by atoms with E-state index >= 15 is 0 Å². The van der Waals surface area contributed by atoms with Gasteiger partial charge in [0.05, 0.1) is 0 Å². The minimum absolute atomic E-state index is 0.00780. The molecule has 0 aliphatic carbocycles. The Morgan fingerprint density at radius 3 is 2.78 bits per heavy atom. The van der Waals surface area contributed by atoms with Gasteiger partial charge in [0.1, 0.15) is 31.2 Å². The molecule has 3 unspecified atom stereocenters. The highest BCUT2D eigenvalue weighted by Crippen LogP contribution is 2.42. The van der Waals surface area contributed by atoms with E-state index in [-0.39, 0.29) is 23.9 Å². The number of nitrogens with zero attached hydrogens (tertiary/aromatic N) is 2. The number of carbonyl (C=O) groups excluding carboxylic acids is 1. The van der Waals surface area contributed by atoms with Crippen molar-refractivity contribution in [2.24, 2.45) is 0 Å². The summed E-state index contributed by atoms with van der Waals surface area (Å²) < 4.78 is 63.2. The fraction of sp³-hybridized carbons (Fsp3) is 0.381. The molecule has 1 aliphatic rings. The fourth-order valence-electron chi connectivity index (χ4n) is 3.17. The van der Waals surface area contributed by atoms with Crippen LogP contribution in [0.1, 0.15) is 13.2 Å². The van der Waals surface area contributed by atoms with Crippen molar-refractivity contribution in [3.63, 3.8) is 0 Å². The van der Waals surface area contributed by atoms with Gasteiger partial charge in [-0.3, -0.25) is 13.9 Å². The highest BCUT2D eigenvalue weighted by molar-refractivity contribution is 7.37. The fourth-order valence-corrected chi connectivity index (χ4v) is 4.07. The molecule has 0 spiro atoms. The maximum atomic E-state index is 14.7. The molecule has 5 atom stereocenters. The molecular weight excluding hydrogens is 505 g/mol. The van der Waals surface area contributed by atoms with Crippen molar-refractivity contribution in [2.45, 2.75) is 37.3 Å². The van der Waals surface area contributed by atoms with E-state index in [1.165, 1.54) is 25.1 Å². The Labute approximate surface area is 204 Å². The zero-order valence-corrected chi connectivity index (χ0v) is 20.0. The number of aliphatic hydroxyl groups is 1. The number of aliphatic hydroxyl groups excluding tert-OH is 1. The van der Waals surface area contributed by atoms with E-state index < -0.39 is 56.8 Å². The third kappa shape index (κ3) is 6.26. The Balaban J connectivity index is 1.65. The van der Waals surface area contributed by atoms with E-state index in [1.54, 1.807) is 12.1 Å². The summed E-state index contributed by atoms with van der Waals surface area (Å²) in [5.41, 5.74) is 4.31. The Bertz CT molecular complexity index is 1180. The summed E-state index contributed by atoms with van der Waals surface area (Å²) in [5, 5.41) is 12.6. The van der Waals surface area contributed by atoms with Gasteiger partial charge in [-0.2, -0.15) is 13.8 Å². The van der Waals surface area contributed by atoms with Gasteiger partial charge in [-0.05, 0) is 25.1 Å². The van der Waals surface area contributed by atoms with Gasteiger partial charge in [0.15, 0.2) is 17.6 Å². The first-order valence-electron chi connectivity index (χ1n) is 10.6. The van der Waals surface area contributed by atoms with Gasteiger partial charge >= 0.3 is 25.8 Å². The summed E-state index contributed by atoms with van der Waals surface area (Å²) in [6.07, 6.45) is -3.63. The van der Waals surface area contributed by atoms with Crippen molar-refractivity contribution in [1.82, 2.24) is 14.6 Å². The van der Waals surface area contributed by atoms with Crippen LogP contribution >= 0.6 is 8.18 Å². The molecule has 0 bridgehead atoms. The molecule has 0 saturated carbocycles. The van der Waals surface area contributed by atoms with Crippen LogP contribution in [0.4, 0.5) is 14.6 Å². The lowest BCUT2D eigenvalue weighted by Gasteiger charge is -2.20. The second-order valence-electron chi connectivity index (χ2n) is 7.62. The number of aromatic nitrogens is 2. The van der Waals surface area contributed by atoms with Crippen molar-refractivity contribution in [3.8, 4) is 11.5 Å². The molecule has 1 fully saturated rings. The second-order valence-corrected chi connectivity index (χ2v) is 8.69. The van der Waals surface area contributed by atoms with E-state index in [0.29, 0.717) is 4.57 Å². The molecule has 4 N–H and O–H groups in total. The Hall–Kier alpha value is -3.32. The zero-order valence-electron chi connectivity index (χ0n) is 19.0. The average molecular weight is 530 g/mol. The van der Waals surface area contributed by atoms with Crippen LogP contribution in [0.3, 0.4) is 0 Å². The quantitative estimate of drug-likeness (QED) is 0.218. The average Bonchev–Trinajstić information content (AvgIpc) is 3.05. The molecule has 12 nitrogen and oxygen atoms in total. The molecule has 2 heterocycles. The van der Waals surface area contributed by atoms with Crippen molar-refractivity contribution >= 4 is 20.0 Å². The number of benzene rings is 1. The molecule has 1 aliphatic heterocycles. The third-order valence-corrected chi connectivity index (χ3v) is 6.04. The topological polar surface area (TPSA) is 164 Å². The second kappa shape index (κ2) is 11.6. The Kier molecular flexibility index (Phi) is 8.79. The molecular formula is C21H25F2N4O8P. The van der Waals surface area contributed by atoms with Gasteiger partial charge in [-0.25, -0.2) is 9.88 Å². The Morgan fingerprint density at radius 2 is 2.11 bits per heavy atom. The van der Waals surface area contributed by atoms with E-state index in [9.17, 15) is 28.0 Å². The minimum Gasteiger partial charge on any atom is -0.487 e. The van der Waals surface area contributed by atoms with Crippen LogP contribution in [0.25, 0.3) is 0 Å². The number of esters is 1. The molecule has 1 aromatic carbocycles. The van der Waals surface area contributed by atoms with Crippen LogP contribution in [-0.2, 0) is 18.8 Å². The van der Waals surface area contributed by atoms with Crippen LogP contribution in [0, 0.1) is 0 Å². The number of carbonyl (C=O) groups is 1. The lowest BCUT2D eigenvalue weighted by Crippen LogP contribution is -2.42. The number of nitrogens with one attached hydrogen (secondary N) is 1. The number of nitrogen functional groups attached to an aromatic ring is 1. The Morgan fingerprint density at radius 1 is 1.42 bits per heavy atom. The van der Waals surface area contributed by atoms with Crippen molar-refractivity contribution in [1.29, 1.82) is 0 Å². The normalized spacial score (nSPS) is 22.4.